The Balaban J connectivity index is 1.82. The van der Waals surface area contributed by atoms with Crippen LogP contribution in [0.4, 0.5) is 5.69 Å². The highest BCUT2D eigenvalue weighted by molar-refractivity contribution is 9.10. The van der Waals surface area contributed by atoms with Crippen LogP contribution in [0.25, 0.3) is 0 Å². The summed E-state index contributed by atoms with van der Waals surface area (Å²) in [6.07, 6.45) is 5.62. The molecule has 1 aliphatic heterocycles. The summed E-state index contributed by atoms with van der Waals surface area (Å²) in [6, 6.07) is 10.5. The fourth-order valence-corrected chi connectivity index (χ4v) is 4.89. The average Bonchev–Trinajstić information content (AvgIpc) is 3.10. The number of nitrogens with one attached hydrogen (secondary N) is 1. The zero-order valence-corrected chi connectivity index (χ0v) is 16.4. The number of para-hydroxylation sites is 1. The van der Waals surface area contributed by atoms with E-state index in [1.807, 2.05) is 12.1 Å². The van der Waals surface area contributed by atoms with Crippen LogP contribution in [0.3, 0.4) is 0 Å². The normalized spacial score (nSPS) is 23.6. The van der Waals surface area contributed by atoms with Crippen LogP contribution >= 0.6 is 27.5 Å². The minimum Gasteiger partial charge on any atom is -0.493 e. The molecule has 25 heavy (non-hydrogen) atoms. The number of anilines is 1. The van der Waals surface area contributed by atoms with E-state index >= 15 is 0 Å². The molecule has 2 aliphatic rings. The van der Waals surface area contributed by atoms with E-state index in [-0.39, 0.29) is 6.04 Å². The molecule has 3 nitrogen and oxygen atoms in total. The van der Waals surface area contributed by atoms with Gasteiger partial charge in [-0.15, -0.1) is 0 Å². The molecule has 0 aromatic heterocycles. The van der Waals surface area contributed by atoms with Gasteiger partial charge in [-0.05, 0) is 57.6 Å². The summed E-state index contributed by atoms with van der Waals surface area (Å²) in [5, 5.41) is 4.44. The van der Waals surface area contributed by atoms with E-state index in [0.29, 0.717) is 17.6 Å². The minimum atomic E-state index is 0.156. The highest BCUT2D eigenvalue weighted by Gasteiger charge is 2.39. The van der Waals surface area contributed by atoms with Crippen molar-refractivity contribution in [1.82, 2.24) is 0 Å². The molecule has 2 aromatic carbocycles. The molecule has 1 N–H and O–H groups in total. The Labute approximate surface area is 161 Å². The topological polar surface area (TPSA) is 30.5 Å². The van der Waals surface area contributed by atoms with Crippen LogP contribution in [0, 0.1) is 5.92 Å². The highest BCUT2D eigenvalue weighted by atomic mass is 79.9. The van der Waals surface area contributed by atoms with Crippen LogP contribution in [-0.2, 0) is 0 Å². The Bertz CT molecular complexity index is 852. The van der Waals surface area contributed by atoms with Crippen molar-refractivity contribution in [3.8, 4) is 11.5 Å². The molecule has 130 valence electrons. The summed E-state index contributed by atoms with van der Waals surface area (Å²) in [5.41, 5.74) is 3.48. The van der Waals surface area contributed by atoms with Gasteiger partial charge in [0.2, 0.25) is 0 Å². The second-order valence-electron chi connectivity index (χ2n) is 6.42. The van der Waals surface area contributed by atoms with E-state index in [1.165, 1.54) is 5.56 Å². The molecule has 4 rings (SSSR count). The van der Waals surface area contributed by atoms with Crippen molar-refractivity contribution in [3.05, 3.63) is 63.1 Å². The zero-order valence-electron chi connectivity index (χ0n) is 14.1. The fraction of sp³-hybridized carbons (Fsp3) is 0.300. The summed E-state index contributed by atoms with van der Waals surface area (Å²) >= 11 is 10.1. The number of methoxy groups -OCH3 is 2. The van der Waals surface area contributed by atoms with Crippen LogP contribution in [0.15, 0.2) is 47.0 Å². The van der Waals surface area contributed by atoms with Crippen LogP contribution in [0.2, 0.25) is 5.02 Å². The maximum atomic E-state index is 6.48. The smallest absolute Gasteiger partial charge is 0.174 e. The van der Waals surface area contributed by atoms with Gasteiger partial charge in [0, 0.05) is 5.92 Å². The van der Waals surface area contributed by atoms with Gasteiger partial charge in [-0.25, -0.2) is 0 Å². The number of hydrogen-bond acceptors (Lipinski definition) is 3. The number of ether oxygens (including phenoxy) is 2. The van der Waals surface area contributed by atoms with Gasteiger partial charge in [-0.3, -0.25) is 0 Å². The molecule has 2 aromatic rings. The molecule has 1 heterocycles. The quantitative estimate of drug-likeness (QED) is 0.623. The zero-order chi connectivity index (χ0) is 17.6. The van der Waals surface area contributed by atoms with Crippen LogP contribution < -0.4 is 14.8 Å². The van der Waals surface area contributed by atoms with Gasteiger partial charge in [0.1, 0.15) is 0 Å². The van der Waals surface area contributed by atoms with E-state index in [4.69, 9.17) is 21.1 Å². The molecule has 0 bridgehead atoms. The molecular weight excluding hydrogens is 402 g/mol. The molecule has 0 spiro atoms. The van der Waals surface area contributed by atoms with E-state index < -0.39 is 0 Å². The third-order valence-corrected chi connectivity index (χ3v) is 6.06. The van der Waals surface area contributed by atoms with Crippen molar-refractivity contribution in [1.29, 1.82) is 0 Å². The van der Waals surface area contributed by atoms with Crippen molar-refractivity contribution < 1.29 is 9.47 Å². The Morgan fingerprint density at radius 3 is 2.80 bits per heavy atom. The molecule has 0 saturated carbocycles. The number of fused-ring (bicyclic) bond motifs is 3. The fourth-order valence-electron chi connectivity index (χ4n) is 4.03. The first kappa shape index (κ1) is 16.8. The van der Waals surface area contributed by atoms with E-state index in [9.17, 15) is 0 Å². The summed E-state index contributed by atoms with van der Waals surface area (Å²) in [6.45, 7) is 0. The van der Waals surface area contributed by atoms with E-state index in [1.54, 1.807) is 14.2 Å². The average molecular weight is 421 g/mol. The Morgan fingerprint density at radius 1 is 1.20 bits per heavy atom. The van der Waals surface area contributed by atoms with Crippen LogP contribution in [-0.4, -0.2) is 14.2 Å². The molecule has 0 fully saturated rings. The molecule has 1 aliphatic carbocycles. The van der Waals surface area contributed by atoms with Crippen LogP contribution in [0.5, 0.6) is 11.5 Å². The number of benzene rings is 2. The van der Waals surface area contributed by atoms with Crippen molar-refractivity contribution >= 4 is 33.2 Å². The monoisotopic (exact) mass is 419 g/mol. The van der Waals surface area contributed by atoms with Gasteiger partial charge >= 0.3 is 0 Å². The number of rotatable bonds is 3. The maximum absolute atomic E-state index is 6.48. The number of allylic oxidation sites excluding steroid dienone is 2. The Kier molecular flexibility index (Phi) is 4.42. The first-order valence-electron chi connectivity index (χ1n) is 8.27. The van der Waals surface area contributed by atoms with Gasteiger partial charge in [-0.1, -0.05) is 35.9 Å². The molecule has 0 radical (unpaired) electrons. The first-order valence-corrected chi connectivity index (χ1v) is 9.44. The lowest BCUT2D eigenvalue weighted by Gasteiger charge is -2.38. The molecular formula is C20H19BrClNO2. The van der Waals surface area contributed by atoms with E-state index in [0.717, 1.165) is 32.9 Å². The second-order valence-corrected chi connectivity index (χ2v) is 7.68. The van der Waals surface area contributed by atoms with Crippen molar-refractivity contribution in [3.63, 3.8) is 0 Å². The first-order chi connectivity index (χ1) is 12.1. The van der Waals surface area contributed by atoms with Gasteiger partial charge in [-0.2, -0.15) is 0 Å². The Hall–Kier alpha value is -1.65. The second kappa shape index (κ2) is 6.58. The predicted molar refractivity (Wildman–Crippen MR) is 105 cm³/mol. The summed E-state index contributed by atoms with van der Waals surface area (Å²) < 4.78 is 11.9. The SMILES string of the molecule is COc1cc([C@@H]2Nc3c(Cl)cccc3[C@H]3C=CC[C@H]32)cc(Br)c1OC. The molecule has 0 unspecified atom stereocenters. The molecule has 0 saturated heterocycles. The molecule has 5 heteroatoms. The number of hydrogen-bond donors (Lipinski definition) is 1. The van der Waals surface area contributed by atoms with Crippen molar-refractivity contribution in [2.75, 3.05) is 19.5 Å². The Morgan fingerprint density at radius 2 is 2.04 bits per heavy atom. The van der Waals surface area contributed by atoms with E-state index in [2.05, 4.69) is 51.6 Å². The lowest BCUT2D eigenvalue weighted by atomic mass is 9.77. The minimum absolute atomic E-state index is 0.156. The van der Waals surface area contributed by atoms with Crippen molar-refractivity contribution in [2.45, 2.75) is 18.4 Å². The van der Waals surface area contributed by atoms with Gasteiger partial charge in [0.15, 0.2) is 11.5 Å². The molecule has 3 atom stereocenters. The summed E-state index contributed by atoms with van der Waals surface area (Å²) in [4.78, 5) is 0. The predicted octanol–water partition coefficient (Wildman–Crippen LogP) is 5.95. The lowest BCUT2D eigenvalue weighted by Crippen LogP contribution is -2.29. The van der Waals surface area contributed by atoms with Crippen molar-refractivity contribution in [2.24, 2.45) is 5.92 Å². The third kappa shape index (κ3) is 2.72. The van der Waals surface area contributed by atoms with Gasteiger partial charge < -0.3 is 14.8 Å². The summed E-state index contributed by atoms with van der Waals surface area (Å²) in [5.74, 6) is 2.27. The van der Waals surface area contributed by atoms with Crippen LogP contribution in [0.1, 0.15) is 29.5 Å². The highest BCUT2D eigenvalue weighted by Crippen LogP contribution is 2.52. The van der Waals surface area contributed by atoms with Gasteiger partial charge in [0.25, 0.3) is 0 Å². The number of halogens is 2. The lowest BCUT2D eigenvalue weighted by molar-refractivity contribution is 0.351. The maximum Gasteiger partial charge on any atom is 0.174 e. The summed E-state index contributed by atoms with van der Waals surface area (Å²) in [7, 11) is 3.31. The largest absolute Gasteiger partial charge is 0.493 e. The standard InChI is InChI=1S/C20H19BrClNO2/c1-24-17-10-11(9-15(21)20(17)25-2)18-13-6-3-5-12(13)14-7-4-8-16(22)19(14)23-18/h3-5,7-10,12-13,18,23H,6H2,1-2H3/t12-,13+,18-/m0/s1. The molecule has 0 amide bonds. The third-order valence-electron chi connectivity index (χ3n) is 5.16. The van der Waals surface area contributed by atoms with Gasteiger partial charge in [0.05, 0.1) is 35.4 Å².